The van der Waals surface area contributed by atoms with Crippen LogP contribution in [0.25, 0.3) is 0 Å². The van der Waals surface area contributed by atoms with Crippen LogP contribution in [-0.4, -0.2) is 13.1 Å². The topological polar surface area (TPSA) is 48.7 Å². The van der Waals surface area contributed by atoms with Crippen LogP contribution in [0.2, 0.25) is 5.02 Å². The summed E-state index contributed by atoms with van der Waals surface area (Å²) in [4.78, 5) is 11.3. The van der Waals surface area contributed by atoms with Gasteiger partial charge in [-0.15, -0.1) is 0 Å². The van der Waals surface area contributed by atoms with Gasteiger partial charge in [0.15, 0.2) is 0 Å². The normalized spacial score (nSPS) is 10.4. The smallest absolute Gasteiger partial charge is 0.373 e. The summed E-state index contributed by atoms with van der Waals surface area (Å²) in [7, 11) is 1.30. The highest BCUT2D eigenvalue weighted by atomic mass is 79.9. The zero-order valence-corrected chi connectivity index (χ0v) is 13.2. The fourth-order valence-corrected chi connectivity index (χ4v) is 2.71. The lowest BCUT2D eigenvalue weighted by Crippen LogP contribution is -1.99. The molecule has 4 nitrogen and oxygen atoms in total. The Morgan fingerprint density at radius 1 is 1.40 bits per heavy atom. The average Bonchev–Trinajstić information content (AvgIpc) is 2.85. The predicted molar refractivity (Wildman–Crippen MR) is 78.3 cm³/mol. The predicted octanol–water partition coefficient (Wildman–Crippen LogP) is 4.37. The summed E-state index contributed by atoms with van der Waals surface area (Å²) in [6.45, 7) is 2.08. The molecule has 6 heteroatoms. The molecule has 0 saturated carbocycles. The maximum absolute atomic E-state index is 11.3. The summed E-state index contributed by atoms with van der Waals surface area (Å²) >= 11 is 9.48. The molecular weight excluding hydrogens is 348 g/mol. The molecule has 0 amide bonds. The molecule has 0 N–H and O–H groups in total. The maximum atomic E-state index is 11.3. The third-order valence-electron chi connectivity index (χ3n) is 2.60. The number of halogens is 2. The van der Waals surface area contributed by atoms with Crippen molar-refractivity contribution in [1.82, 2.24) is 0 Å². The zero-order chi connectivity index (χ0) is 14.7. The van der Waals surface area contributed by atoms with Crippen molar-refractivity contribution in [3.05, 3.63) is 50.8 Å². The molecule has 0 aliphatic heterocycles. The van der Waals surface area contributed by atoms with Crippen molar-refractivity contribution < 1.29 is 18.7 Å². The number of methoxy groups -OCH3 is 1. The Bertz CT molecular complexity index is 613. The number of hydrogen-bond donors (Lipinski definition) is 0. The van der Waals surface area contributed by atoms with E-state index < -0.39 is 5.97 Å². The Labute approximate surface area is 129 Å². The SMILES string of the molecule is COC(=O)c1ccc(COc2c(C)cc(Br)cc2Cl)o1. The summed E-state index contributed by atoms with van der Waals surface area (Å²) in [5.41, 5.74) is 0.907. The van der Waals surface area contributed by atoms with E-state index in [1.807, 2.05) is 13.0 Å². The number of aryl methyl sites for hydroxylation is 1. The van der Waals surface area contributed by atoms with Crippen LogP contribution < -0.4 is 4.74 Å². The van der Waals surface area contributed by atoms with Gasteiger partial charge in [-0.25, -0.2) is 4.79 Å². The molecule has 1 aromatic carbocycles. The number of hydrogen-bond acceptors (Lipinski definition) is 4. The second-order valence-electron chi connectivity index (χ2n) is 4.08. The van der Waals surface area contributed by atoms with Crippen molar-refractivity contribution in [2.45, 2.75) is 13.5 Å². The van der Waals surface area contributed by atoms with Crippen molar-refractivity contribution in [3.63, 3.8) is 0 Å². The van der Waals surface area contributed by atoms with Gasteiger partial charge in [-0.2, -0.15) is 0 Å². The molecule has 1 heterocycles. The lowest BCUT2D eigenvalue weighted by atomic mass is 10.2. The van der Waals surface area contributed by atoms with Gasteiger partial charge in [0.1, 0.15) is 18.1 Å². The minimum Gasteiger partial charge on any atom is -0.484 e. The van der Waals surface area contributed by atoms with Crippen LogP contribution in [0, 0.1) is 6.92 Å². The maximum Gasteiger partial charge on any atom is 0.373 e. The fraction of sp³-hybridized carbons (Fsp3) is 0.214. The summed E-state index contributed by atoms with van der Waals surface area (Å²) in [5.74, 6) is 0.730. The third kappa shape index (κ3) is 3.35. The molecule has 0 spiro atoms. The molecule has 2 rings (SSSR count). The molecule has 0 radical (unpaired) electrons. The number of carbonyl (C=O) groups excluding carboxylic acids is 1. The molecule has 0 fully saturated rings. The Balaban J connectivity index is 2.09. The first-order valence-corrected chi connectivity index (χ1v) is 6.94. The fourth-order valence-electron chi connectivity index (χ4n) is 1.68. The van der Waals surface area contributed by atoms with Crippen LogP contribution in [0.3, 0.4) is 0 Å². The Hall–Kier alpha value is -1.46. The van der Waals surface area contributed by atoms with E-state index in [2.05, 4.69) is 20.7 Å². The van der Waals surface area contributed by atoms with Crippen LogP contribution in [0.15, 0.2) is 33.2 Å². The van der Waals surface area contributed by atoms with Crippen LogP contribution in [0.4, 0.5) is 0 Å². The standard InChI is InChI=1S/C14H12BrClO4/c1-8-5-9(15)6-11(16)13(8)19-7-10-3-4-12(20-10)14(17)18-2/h3-6H,7H2,1-2H3. The molecule has 20 heavy (non-hydrogen) atoms. The highest BCUT2D eigenvalue weighted by Crippen LogP contribution is 2.32. The monoisotopic (exact) mass is 358 g/mol. The first-order chi connectivity index (χ1) is 9.51. The van der Waals surface area contributed by atoms with Crippen LogP contribution in [0.5, 0.6) is 5.75 Å². The Kier molecular flexibility index (Phi) is 4.73. The highest BCUT2D eigenvalue weighted by molar-refractivity contribution is 9.10. The van der Waals surface area contributed by atoms with Crippen molar-refractivity contribution in [3.8, 4) is 5.75 Å². The van der Waals surface area contributed by atoms with Crippen LogP contribution in [0.1, 0.15) is 21.9 Å². The molecule has 0 aliphatic carbocycles. The summed E-state index contributed by atoms with van der Waals surface area (Å²) < 4.78 is 16.4. The van der Waals surface area contributed by atoms with Gasteiger partial charge in [0, 0.05) is 4.47 Å². The molecule has 0 atom stereocenters. The first-order valence-electron chi connectivity index (χ1n) is 5.76. The molecule has 1 aromatic heterocycles. The minimum atomic E-state index is -0.519. The van der Waals surface area contributed by atoms with Gasteiger partial charge in [-0.3, -0.25) is 0 Å². The molecule has 0 aliphatic rings. The van der Waals surface area contributed by atoms with Crippen molar-refractivity contribution >= 4 is 33.5 Å². The highest BCUT2D eigenvalue weighted by Gasteiger charge is 2.13. The van der Waals surface area contributed by atoms with E-state index in [0.717, 1.165) is 10.0 Å². The summed E-state index contributed by atoms with van der Waals surface area (Å²) in [6, 6.07) is 6.87. The largest absolute Gasteiger partial charge is 0.484 e. The number of ether oxygens (including phenoxy) is 2. The zero-order valence-electron chi connectivity index (χ0n) is 10.9. The van der Waals surface area contributed by atoms with Gasteiger partial charge in [0.2, 0.25) is 5.76 Å². The summed E-state index contributed by atoms with van der Waals surface area (Å²) in [5, 5.41) is 0.511. The molecular formula is C14H12BrClO4. The number of carbonyl (C=O) groups is 1. The van der Waals surface area contributed by atoms with E-state index in [4.69, 9.17) is 20.8 Å². The van der Waals surface area contributed by atoms with Crippen molar-refractivity contribution in [1.29, 1.82) is 0 Å². The second-order valence-corrected chi connectivity index (χ2v) is 5.40. The molecule has 0 saturated heterocycles. The Morgan fingerprint density at radius 2 is 2.15 bits per heavy atom. The molecule has 0 unspecified atom stereocenters. The van der Waals surface area contributed by atoms with Crippen molar-refractivity contribution in [2.75, 3.05) is 7.11 Å². The molecule has 0 bridgehead atoms. The third-order valence-corrected chi connectivity index (χ3v) is 3.34. The van der Waals surface area contributed by atoms with Crippen LogP contribution >= 0.6 is 27.5 Å². The minimum absolute atomic E-state index is 0.143. The van der Waals surface area contributed by atoms with E-state index in [0.29, 0.717) is 16.5 Å². The number of benzene rings is 1. The van der Waals surface area contributed by atoms with E-state index in [1.54, 1.807) is 18.2 Å². The first kappa shape index (κ1) is 14.9. The van der Waals surface area contributed by atoms with Crippen molar-refractivity contribution in [2.24, 2.45) is 0 Å². The van der Waals surface area contributed by atoms with Gasteiger partial charge < -0.3 is 13.9 Å². The quantitative estimate of drug-likeness (QED) is 0.761. The Morgan fingerprint density at radius 3 is 2.80 bits per heavy atom. The lowest BCUT2D eigenvalue weighted by molar-refractivity contribution is 0.0561. The second kappa shape index (κ2) is 6.33. The van der Waals surface area contributed by atoms with Gasteiger partial charge in [0.05, 0.1) is 12.1 Å². The van der Waals surface area contributed by atoms with Gasteiger partial charge in [-0.1, -0.05) is 27.5 Å². The molecule has 106 valence electrons. The van der Waals surface area contributed by atoms with E-state index in [-0.39, 0.29) is 12.4 Å². The average molecular weight is 360 g/mol. The van der Waals surface area contributed by atoms with Gasteiger partial charge >= 0.3 is 5.97 Å². The molecule has 2 aromatic rings. The number of rotatable bonds is 4. The van der Waals surface area contributed by atoms with E-state index in [1.165, 1.54) is 7.11 Å². The van der Waals surface area contributed by atoms with Gasteiger partial charge in [-0.05, 0) is 36.8 Å². The van der Waals surface area contributed by atoms with Gasteiger partial charge in [0.25, 0.3) is 0 Å². The van der Waals surface area contributed by atoms with E-state index in [9.17, 15) is 4.79 Å². The van der Waals surface area contributed by atoms with Crippen LogP contribution in [-0.2, 0) is 11.3 Å². The summed E-state index contributed by atoms with van der Waals surface area (Å²) in [6.07, 6.45) is 0. The van der Waals surface area contributed by atoms with E-state index >= 15 is 0 Å². The number of furan rings is 1. The number of esters is 1. The lowest BCUT2D eigenvalue weighted by Gasteiger charge is -2.10.